The van der Waals surface area contributed by atoms with Crippen molar-refractivity contribution in [2.24, 2.45) is 5.92 Å². The molecule has 0 aromatic heterocycles. The van der Waals surface area contributed by atoms with Crippen LogP contribution in [0.15, 0.2) is 0 Å². The third-order valence-corrected chi connectivity index (χ3v) is 2.39. The van der Waals surface area contributed by atoms with Gasteiger partial charge in [0.15, 0.2) is 13.4 Å². The summed E-state index contributed by atoms with van der Waals surface area (Å²) in [7, 11) is 0. The van der Waals surface area contributed by atoms with Crippen molar-refractivity contribution < 1.29 is 9.47 Å². The van der Waals surface area contributed by atoms with Crippen LogP contribution in [0.5, 0.6) is 0 Å². The van der Waals surface area contributed by atoms with E-state index in [1.807, 2.05) is 0 Å². The predicted molar refractivity (Wildman–Crippen MR) is 48.7 cm³/mol. The highest BCUT2D eigenvalue weighted by molar-refractivity contribution is 4.64. The van der Waals surface area contributed by atoms with Gasteiger partial charge in [0.05, 0.1) is 13.5 Å². The fraction of sp³-hybridized carbons (Fsp3) is 0.900. The van der Waals surface area contributed by atoms with E-state index in [1.165, 1.54) is 32.1 Å². The molecule has 0 unspecified atom stereocenters. The topological polar surface area (TPSA) is 18.5 Å². The van der Waals surface area contributed by atoms with Crippen molar-refractivity contribution in [2.75, 3.05) is 20.0 Å². The summed E-state index contributed by atoms with van der Waals surface area (Å²) in [6, 6.07) is 0. The van der Waals surface area contributed by atoms with E-state index >= 15 is 0 Å². The molecule has 0 atom stereocenters. The van der Waals surface area contributed by atoms with Gasteiger partial charge < -0.3 is 9.47 Å². The molecule has 0 aromatic rings. The van der Waals surface area contributed by atoms with Crippen LogP contribution in [0, 0.1) is 12.8 Å². The molecule has 2 heteroatoms. The molecule has 0 aliphatic heterocycles. The van der Waals surface area contributed by atoms with Crippen molar-refractivity contribution in [3.05, 3.63) is 6.92 Å². The molecule has 1 aliphatic rings. The molecular weight excluding hydrogens is 152 g/mol. The third kappa shape index (κ3) is 3.98. The van der Waals surface area contributed by atoms with Gasteiger partial charge in [0.1, 0.15) is 0 Å². The second-order valence-corrected chi connectivity index (χ2v) is 3.40. The standard InChI is InChI=1S/C10H19O2/c1-2-11-9-12-8-10-6-4-3-5-7-10/h10H,1-9H2/q+1. The minimum absolute atomic E-state index is 0.417. The Hall–Kier alpha value is -0.210. The van der Waals surface area contributed by atoms with Gasteiger partial charge in [-0.3, -0.25) is 0 Å². The molecule has 0 spiro atoms. The average Bonchev–Trinajstić information content (AvgIpc) is 2.14. The normalized spacial score (nSPS) is 19.7. The van der Waals surface area contributed by atoms with Crippen molar-refractivity contribution in [3.8, 4) is 0 Å². The summed E-state index contributed by atoms with van der Waals surface area (Å²) < 4.78 is 10.3. The average molecular weight is 171 g/mol. The lowest BCUT2D eigenvalue weighted by molar-refractivity contribution is -0.0592. The molecule has 70 valence electrons. The van der Waals surface area contributed by atoms with Gasteiger partial charge in [-0.05, 0) is 18.8 Å². The minimum Gasteiger partial charge on any atom is -0.355 e. The van der Waals surface area contributed by atoms with Crippen LogP contribution < -0.4 is 0 Å². The SMILES string of the molecule is [CH2+]COCOCC1CCCCC1. The van der Waals surface area contributed by atoms with Crippen molar-refractivity contribution >= 4 is 0 Å². The zero-order valence-electron chi connectivity index (χ0n) is 7.76. The lowest BCUT2D eigenvalue weighted by Gasteiger charge is -2.20. The first kappa shape index (κ1) is 9.87. The maximum atomic E-state index is 5.35. The summed E-state index contributed by atoms with van der Waals surface area (Å²) in [4.78, 5) is 0. The summed E-state index contributed by atoms with van der Waals surface area (Å²) in [6.07, 6.45) is 6.84. The fourth-order valence-corrected chi connectivity index (χ4v) is 1.69. The molecule has 0 radical (unpaired) electrons. The second kappa shape index (κ2) is 6.32. The van der Waals surface area contributed by atoms with Gasteiger partial charge in [0.25, 0.3) is 0 Å². The van der Waals surface area contributed by atoms with Gasteiger partial charge in [0, 0.05) is 0 Å². The molecule has 0 aromatic carbocycles. The molecule has 0 N–H and O–H groups in total. The summed E-state index contributed by atoms with van der Waals surface area (Å²) in [5.74, 6) is 0.784. The summed E-state index contributed by atoms with van der Waals surface area (Å²) in [5.41, 5.74) is 0. The first-order chi connectivity index (χ1) is 5.93. The third-order valence-electron chi connectivity index (χ3n) is 2.39. The smallest absolute Gasteiger partial charge is 0.187 e. The van der Waals surface area contributed by atoms with Crippen LogP contribution in [0.4, 0.5) is 0 Å². The number of ether oxygens (including phenoxy) is 2. The highest BCUT2D eigenvalue weighted by Gasteiger charge is 2.12. The van der Waals surface area contributed by atoms with Gasteiger partial charge in [0.2, 0.25) is 0 Å². The number of rotatable bonds is 5. The van der Waals surface area contributed by atoms with E-state index in [0.29, 0.717) is 13.4 Å². The molecule has 1 fully saturated rings. The highest BCUT2D eigenvalue weighted by atomic mass is 16.7. The summed E-state index contributed by atoms with van der Waals surface area (Å²) in [5, 5.41) is 0. The highest BCUT2D eigenvalue weighted by Crippen LogP contribution is 2.23. The van der Waals surface area contributed by atoms with Gasteiger partial charge in [-0.1, -0.05) is 19.3 Å². The van der Waals surface area contributed by atoms with Crippen molar-refractivity contribution in [2.45, 2.75) is 32.1 Å². The number of hydrogen-bond donors (Lipinski definition) is 0. The minimum atomic E-state index is 0.417. The van der Waals surface area contributed by atoms with E-state index in [9.17, 15) is 0 Å². The first-order valence-electron chi connectivity index (χ1n) is 4.88. The van der Waals surface area contributed by atoms with E-state index in [1.54, 1.807) is 0 Å². The van der Waals surface area contributed by atoms with E-state index in [2.05, 4.69) is 6.92 Å². The Kier molecular flexibility index (Phi) is 5.20. The maximum absolute atomic E-state index is 5.35. The predicted octanol–water partition coefficient (Wildman–Crippen LogP) is 2.39. The molecule has 2 nitrogen and oxygen atoms in total. The van der Waals surface area contributed by atoms with Crippen LogP contribution in [0.1, 0.15) is 32.1 Å². The van der Waals surface area contributed by atoms with Crippen LogP contribution in [0.2, 0.25) is 0 Å². The molecule has 1 saturated carbocycles. The monoisotopic (exact) mass is 171 g/mol. The van der Waals surface area contributed by atoms with Crippen LogP contribution in [0.3, 0.4) is 0 Å². The molecule has 0 saturated heterocycles. The summed E-state index contributed by atoms with van der Waals surface area (Å²) >= 11 is 0. The van der Waals surface area contributed by atoms with Crippen LogP contribution in [0.25, 0.3) is 0 Å². The Morgan fingerprint density at radius 2 is 1.83 bits per heavy atom. The Morgan fingerprint density at radius 3 is 2.50 bits per heavy atom. The lowest BCUT2D eigenvalue weighted by Crippen LogP contribution is -2.14. The van der Waals surface area contributed by atoms with E-state index in [-0.39, 0.29) is 0 Å². The largest absolute Gasteiger partial charge is 0.355 e. The lowest BCUT2D eigenvalue weighted by atomic mass is 9.90. The van der Waals surface area contributed by atoms with Crippen molar-refractivity contribution in [1.82, 2.24) is 0 Å². The van der Waals surface area contributed by atoms with E-state index < -0.39 is 0 Å². The van der Waals surface area contributed by atoms with Crippen LogP contribution >= 0.6 is 0 Å². The van der Waals surface area contributed by atoms with Gasteiger partial charge in [-0.2, -0.15) is 0 Å². The quantitative estimate of drug-likeness (QED) is 0.359. The fourth-order valence-electron chi connectivity index (χ4n) is 1.69. The molecule has 0 bridgehead atoms. The Bertz CT molecular complexity index is 98.0. The number of hydrogen-bond acceptors (Lipinski definition) is 2. The Morgan fingerprint density at radius 1 is 1.08 bits per heavy atom. The first-order valence-corrected chi connectivity index (χ1v) is 4.88. The van der Waals surface area contributed by atoms with Gasteiger partial charge >= 0.3 is 0 Å². The molecule has 0 amide bonds. The Balaban J connectivity index is 1.91. The van der Waals surface area contributed by atoms with Crippen molar-refractivity contribution in [1.29, 1.82) is 0 Å². The van der Waals surface area contributed by atoms with Gasteiger partial charge in [-0.15, -0.1) is 0 Å². The molecule has 0 heterocycles. The van der Waals surface area contributed by atoms with E-state index in [0.717, 1.165) is 12.5 Å². The molecule has 1 rings (SSSR count). The molecule has 12 heavy (non-hydrogen) atoms. The zero-order valence-corrected chi connectivity index (χ0v) is 7.76. The molecule has 1 aliphatic carbocycles. The van der Waals surface area contributed by atoms with E-state index in [4.69, 9.17) is 9.47 Å². The Labute approximate surface area is 75.2 Å². The zero-order chi connectivity index (χ0) is 8.65. The maximum Gasteiger partial charge on any atom is 0.187 e. The summed E-state index contributed by atoms with van der Waals surface area (Å²) in [6.45, 7) is 5.36. The molecular formula is C10H19O2+. The van der Waals surface area contributed by atoms with Crippen LogP contribution in [-0.2, 0) is 9.47 Å². The van der Waals surface area contributed by atoms with Gasteiger partial charge in [-0.25, -0.2) is 0 Å². The van der Waals surface area contributed by atoms with Crippen molar-refractivity contribution in [3.63, 3.8) is 0 Å². The van der Waals surface area contributed by atoms with Crippen LogP contribution in [-0.4, -0.2) is 20.0 Å². The second-order valence-electron chi connectivity index (χ2n) is 3.40.